The molecular weight excluding hydrogens is 322 g/mol. The van der Waals surface area contributed by atoms with Crippen molar-refractivity contribution in [2.24, 2.45) is 5.41 Å². The highest BCUT2D eigenvalue weighted by atomic mass is 35.5. The number of ether oxygens (including phenoxy) is 2. The minimum Gasteiger partial charge on any atom is -0.496 e. The highest BCUT2D eigenvalue weighted by Gasteiger charge is 2.36. The van der Waals surface area contributed by atoms with Crippen molar-refractivity contribution in [2.75, 3.05) is 20.8 Å². The van der Waals surface area contributed by atoms with Crippen LogP contribution in [0.5, 0.6) is 11.5 Å². The van der Waals surface area contributed by atoms with Gasteiger partial charge < -0.3 is 9.47 Å². The van der Waals surface area contributed by atoms with Gasteiger partial charge >= 0.3 is 0 Å². The molecule has 6 nitrogen and oxygen atoms in total. The lowest BCUT2D eigenvalue weighted by molar-refractivity contribution is -0.177. The molecule has 1 aromatic carbocycles. The minimum absolute atomic E-state index is 0.0357. The second kappa shape index (κ2) is 7.66. The molecule has 0 spiro atoms. The van der Waals surface area contributed by atoms with Crippen LogP contribution in [0.2, 0.25) is 5.02 Å². The zero-order valence-corrected chi connectivity index (χ0v) is 15.0. The van der Waals surface area contributed by atoms with Crippen molar-refractivity contribution >= 4 is 23.4 Å². The Bertz CT molecular complexity index is 595. The van der Waals surface area contributed by atoms with E-state index < -0.39 is 17.2 Å². The van der Waals surface area contributed by atoms with Gasteiger partial charge in [0, 0.05) is 5.41 Å². The Labute approximate surface area is 141 Å². The molecule has 1 rings (SSSR count). The molecule has 0 fully saturated rings. The maximum Gasteiger partial charge on any atom is 0.292 e. The first-order valence-corrected chi connectivity index (χ1v) is 7.49. The number of nitrogens with zero attached hydrogens (tertiary/aromatic N) is 1. The summed E-state index contributed by atoms with van der Waals surface area (Å²) in [6.07, 6.45) is 0. The summed E-state index contributed by atoms with van der Waals surface area (Å²) in [5.74, 6) is -0.804. The number of benzene rings is 1. The van der Waals surface area contributed by atoms with E-state index in [0.717, 1.165) is 5.06 Å². The Morgan fingerprint density at radius 3 is 2.22 bits per heavy atom. The van der Waals surface area contributed by atoms with Crippen molar-refractivity contribution in [2.45, 2.75) is 27.7 Å². The number of imide groups is 1. The van der Waals surface area contributed by atoms with Crippen LogP contribution in [0.25, 0.3) is 0 Å². The first-order valence-electron chi connectivity index (χ1n) is 7.11. The molecule has 0 aliphatic carbocycles. The number of halogens is 1. The molecule has 23 heavy (non-hydrogen) atoms. The van der Waals surface area contributed by atoms with E-state index in [1.165, 1.54) is 20.3 Å². The summed E-state index contributed by atoms with van der Waals surface area (Å²) in [6, 6.07) is 3.08. The van der Waals surface area contributed by atoms with E-state index in [2.05, 4.69) is 0 Å². The first kappa shape index (κ1) is 19.3. The van der Waals surface area contributed by atoms with E-state index in [-0.39, 0.29) is 28.7 Å². The minimum atomic E-state index is -0.802. The molecule has 128 valence electrons. The monoisotopic (exact) mass is 343 g/mol. The van der Waals surface area contributed by atoms with E-state index in [1.54, 1.807) is 33.8 Å². The average molecular weight is 344 g/mol. The molecule has 0 N–H and O–H groups in total. The summed E-state index contributed by atoms with van der Waals surface area (Å²) in [7, 11) is 2.80. The second-order valence-corrected chi connectivity index (χ2v) is 6.14. The number of carbonyl (C=O) groups is 2. The fourth-order valence-corrected chi connectivity index (χ4v) is 2.09. The second-order valence-electron chi connectivity index (χ2n) is 5.73. The number of hydrogen-bond donors (Lipinski definition) is 0. The van der Waals surface area contributed by atoms with Crippen molar-refractivity contribution < 1.29 is 23.9 Å². The Balaban J connectivity index is 3.45. The van der Waals surface area contributed by atoms with Crippen molar-refractivity contribution in [3.63, 3.8) is 0 Å². The molecule has 7 heteroatoms. The van der Waals surface area contributed by atoms with Crippen LogP contribution in [-0.4, -0.2) is 37.7 Å². The molecule has 2 amide bonds. The van der Waals surface area contributed by atoms with Gasteiger partial charge in [-0.25, -0.2) is 0 Å². The van der Waals surface area contributed by atoms with Crippen LogP contribution in [-0.2, 0) is 9.63 Å². The highest BCUT2D eigenvalue weighted by Crippen LogP contribution is 2.36. The number of hydrogen-bond acceptors (Lipinski definition) is 5. The van der Waals surface area contributed by atoms with E-state index in [0.29, 0.717) is 0 Å². The highest BCUT2D eigenvalue weighted by molar-refractivity contribution is 6.33. The smallest absolute Gasteiger partial charge is 0.292 e. The van der Waals surface area contributed by atoms with E-state index in [1.807, 2.05) is 0 Å². The molecule has 0 aliphatic heterocycles. The Morgan fingerprint density at radius 1 is 1.17 bits per heavy atom. The number of carbonyl (C=O) groups excluding carboxylic acids is 2. The van der Waals surface area contributed by atoms with Gasteiger partial charge in [-0.15, -0.1) is 5.06 Å². The standard InChI is InChI=1S/C16H22ClNO5/c1-7-23-18(15(20)16(2,3)4)14(19)12-11(21-5)9-8-10(17)13(12)22-6/h8-9H,7H2,1-6H3. The summed E-state index contributed by atoms with van der Waals surface area (Å²) in [5.41, 5.74) is -0.766. The molecule has 0 saturated carbocycles. The number of hydroxylamine groups is 2. The van der Waals surface area contributed by atoms with E-state index in [4.69, 9.17) is 25.9 Å². The molecule has 0 aliphatic rings. The summed E-state index contributed by atoms with van der Waals surface area (Å²) in [5, 5.41) is 0.966. The fourth-order valence-electron chi connectivity index (χ4n) is 1.86. The molecule has 0 unspecified atom stereocenters. The molecule has 0 aromatic heterocycles. The Morgan fingerprint density at radius 2 is 1.78 bits per heavy atom. The molecule has 0 heterocycles. The number of rotatable bonds is 5. The van der Waals surface area contributed by atoms with Gasteiger partial charge in [0.1, 0.15) is 11.3 Å². The lowest BCUT2D eigenvalue weighted by atomic mass is 9.95. The van der Waals surface area contributed by atoms with Crippen LogP contribution in [0.15, 0.2) is 12.1 Å². The maximum atomic E-state index is 12.9. The zero-order chi connectivity index (χ0) is 17.8. The van der Waals surface area contributed by atoms with Crippen molar-refractivity contribution in [3.8, 4) is 11.5 Å². The molecule has 0 atom stereocenters. The third kappa shape index (κ3) is 4.14. The van der Waals surface area contributed by atoms with Gasteiger partial charge in [-0.2, -0.15) is 0 Å². The van der Waals surface area contributed by atoms with Gasteiger partial charge in [0.25, 0.3) is 11.8 Å². The van der Waals surface area contributed by atoms with Gasteiger partial charge in [-0.1, -0.05) is 32.4 Å². The first-order chi connectivity index (χ1) is 10.7. The van der Waals surface area contributed by atoms with Crippen LogP contribution in [0.4, 0.5) is 0 Å². The van der Waals surface area contributed by atoms with Crippen molar-refractivity contribution in [1.29, 1.82) is 0 Å². The molecular formula is C16H22ClNO5. The third-order valence-electron chi connectivity index (χ3n) is 2.98. The lowest BCUT2D eigenvalue weighted by Gasteiger charge is -2.27. The predicted octanol–water partition coefficient (Wildman–Crippen LogP) is 3.32. The normalized spacial score (nSPS) is 11.1. The Kier molecular flexibility index (Phi) is 6.41. The van der Waals surface area contributed by atoms with Gasteiger partial charge in [-0.3, -0.25) is 14.4 Å². The van der Waals surface area contributed by atoms with Crippen LogP contribution < -0.4 is 9.47 Å². The summed E-state index contributed by atoms with van der Waals surface area (Å²) in [6.45, 7) is 6.92. The number of methoxy groups -OCH3 is 2. The van der Waals surface area contributed by atoms with Gasteiger partial charge in [0.15, 0.2) is 5.75 Å². The fraction of sp³-hybridized carbons (Fsp3) is 0.500. The van der Waals surface area contributed by atoms with Crippen LogP contribution in [0, 0.1) is 5.41 Å². The van der Waals surface area contributed by atoms with Crippen LogP contribution >= 0.6 is 11.6 Å². The summed E-state index contributed by atoms with van der Waals surface area (Å²) >= 11 is 6.08. The van der Waals surface area contributed by atoms with Crippen molar-refractivity contribution in [3.05, 3.63) is 22.7 Å². The van der Waals surface area contributed by atoms with Crippen LogP contribution in [0.1, 0.15) is 38.1 Å². The maximum absolute atomic E-state index is 12.9. The predicted molar refractivity (Wildman–Crippen MR) is 86.8 cm³/mol. The molecule has 0 radical (unpaired) electrons. The van der Waals surface area contributed by atoms with Gasteiger partial charge in [0.2, 0.25) is 0 Å². The quantitative estimate of drug-likeness (QED) is 0.767. The molecule has 0 saturated heterocycles. The Hall–Kier alpha value is -1.79. The SMILES string of the molecule is CCON(C(=O)c1c(OC)ccc(Cl)c1OC)C(=O)C(C)(C)C. The van der Waals surface area contributed by atoms with Gasteiger partial charge in [0.05, 0.1) is 25.8 Å². The van der Waals surface area contributed by atoms with E-state index in [9.17, 15) is 9.59 Å². The summed E-state index contributed by atoms with van der Waals surface area (Å²) < 4.78 is 10.4. The van der Waals surface area contributed by atoms with Gasteiger partial charge in [-0.05, 0) is 19.1 Å². The number of amides is 2. The summed E-state index contributed by atoms with van der Waals surface area (Å²) in [4.78, 5) is 30.7. The van der Waals surface area contributed by atoms with Crippen LogP contribution in [0.3, 0.4) is 0 Å². The zero-order valence-electron chi connectivity index (χ0n) is 14.2. The van der Waals surface area contributed by atoms with Crippen molar-refractivity contribution in [1.82, 2.24) is 5.06 Å². The largest absolute Gasteiger partial charge is 0.496 e. The third-order valence-corrected chi connectivity index (χ3v) is 3.28. The average Bonchev–Trinajstić information content (AvgIpc) is 2.50. The molecule has 1 aromatic rings. The topological polar surface area (TPSA) is 65.1 Å². The van der Waals surface area contributed by atoms with E-state index >= 15 is 0 Å². The lowest BCUT2D eigenvalue weighted by Crippen LogP contribution is -2.43. The molecule has 0 bridgehead atoms.